The summed E-state index contributed by atoms with van der Waals surface area (Å²) in [7, 11) is 1.72. The zero-order chi connectivity index (χ0) is 11.8. The van der Waals surface area contributed by atoms with Crippen LogP contribution in [0, 0.1) is 0 Å². The fourth-order valence-corrected chi connectivity index (χ4v) is 2.26. The number of rotatable bonds is 7. The molecule has 1 rings (SSSR count). The van der Waals surface area contributed by atoms with Crippen LogP contribution >= 0.6 is 0 Å². The lowest BCUT2D eigenvalue weighted by Gasteiger charge is -2.19. The molecule has 0 aliphatic heterocycles. The van der Waals surface area contributed by atoms with E-state index in [4.69, 9.17) is 10.5 Å². The van der Waals surface area contributed by atoms with Crippen molar-refractivity contribution in [2.24, 2.45) is 5.73 Å². The molecule has 1 aliphatic rings. The van der Waals surface area contributed by atoms with Gasteiger partial charge in [0, 0.05) is 13.5 Å². The summed E-state index contributed by atoms with van der Waals surface area (Å²) in [5.41, 5.74) is 5.40. The maximum absolute atomic E-state index is 11.6. The second kappa shape index (κ2) is 7.63. The van der Waals surface area contributed by atoms with Crippen molar-refractivity contribution in [2.45, 2.75) is 57.1 Å². The molecule has 0 aromatic heterocycles. The average molecular weight is 228 g/mol. The molecular formula is C12H24N2O2. The molecule has 2 atom stereocenters. The first-order valence-corrected chi connectivity index (χ1v) is 6.30. The molecule has 4 nitrogen and oxygen atoms in total. The lowest BCUT2D eigenvalue weighted by molar-refractivity contribution is -0.122. The Kier molecular flexibility index (Phi) is 6.42. The normalized spacial score (nSPS) is 24.6. The third-order valence-electron chi connectivity index (χ3n) is 3.21. The van der Waals surface area contributed by atoms with Crippen LogP contribution in [-0.4, -0.2) is 31.7 Å². The average Bonchev–Trinajstić information content (AvgIpc) is 2.71. The highest BCUT2D eigenvalue weighted by molar-refractivity contribution is 5.76. The maximum atomic E-state index is 11.6. The molecule has 0 saturated heterocycles. The van der Waals surface area contributed by atoms with Gasteiger partial charge in [0.1, 0.15) is 0 Å². The fraction of sp³-hybridized carbons (Fsp3) is 0.917. The van der Waals surface area contributed by atoms with Crippen molar-refractivity contribution in [3.05, 3.63) is 0 Å². The molecule has 0 aromatic rings. The van der Waals surface area contributed by atoms with E-state index in [9.17, 15) is 4.79 Å². The Labute approximate surface area is 97.9 Å². The van der Waals surface area contributed by atoms with E-state index in [1.165, 1.54) is 0 Å². The minimum absolute atomic E-state index is 0.158. The number of ether oxygens (including phenoxy) is 1. The predicted molar refractivity (Wildman–Crippen MR) is 64.1 cm³/mol. The van der Waals surface area contributed by atoms with Crippen molar-refractivity contribution in [1.29, 1.82) is 0 Å². The largest absolute Gasteiger partial charge is 0.379 e. The minimum Gasteiger partial charge on any atom is -0.379 e. The van der Waals surface area contributed by atoms with Crippen LogP contribution in [0.3, 0.4) is 0 Å². The van der Waals surface area contributed by atoms with Crippen LogP contribution in [0.15, 0.2) is 0 Å². The minimum atomic E-state index is 0.158. The van der Waals surface area contributed by atoms with Crippen molar-refractivity contribution in [1.82, 2.24) is 5.32 Å². The molecule has 0 spiro atoms. The molecule has 0 bridgehead atoms. The quantitative estimate of drug-likeness (QED) is 0.643. The van der Waals surface area contributed by atoms with Crippen molar-refractivity contribution in [3.63, 3.8) is 0 Å². The van der Waals surface area contributed by atoms with Gasteiger partial charge in [0.2, 0.25) is 5.91 Å². The van der Waals surface area contributed by atoms with E-state index >= 15 is 0 Å². The lowest BCUT2D eigenvalue weighted by Crippen LogP contribution is -2.40. The number of nitrogens with one attached hydrogen (secondary N) is 1. The number of carbonyl (C=O) groups is 1. The summed E-state index contributed by atoms with van der Waals surface area (Å²) in [6.45, 7) is 0.718. The molecule has 16 heavy (non-hydrogen) atoms. The van der Waals surface area contributed by atoms with Crippen molar-refractivity contribution < 1.29 is 9.53 Å². The number of nitrogens with two attached hydrogens (primary N) is 1. The molecule has 2 unspecified atom stereocenters. The van der Waals surface area contributed by atoms with Crippen LogP contribution < -0.4 is 11.1 Å². The maximum Gasteiger partial charge on any atom is 0.220 e. The number of carbonyl (C=O) groups excluding carboxylic acids is 1. The first-order valence-electron chi connectivity index (χ1n) is 6.30. The van der Waals surface area contributed by atoms with Gasteiger partial charge in [0.15, 0.2) is 0 Å². The molecule has 4 heteroatoms. The monoisotopic (exact) mass is 228 g/mol. The molecule has 1 saturated carbocycles. The summed E-state index contributed by atoms with van der Waals surface area (Å²) >= 11 is 0. The van der Waals surface area contributed by atoms with Crippen LogP contribution in [0.1, 0.15) is 44.9 Å². The van der Waals surface area contributed by atoms with Gasteiger partial charge in [-0.2, -0.15) is 0 Å². The highest BCUT2D eigenvalue weighted by Gasteiger charge is 2.27. The van der Waals surface area contributed by atoms with Gasteiger partial charge >= 0.3 is 0 Å². The number of unbranched alkanes of at least 4 members (excludes halogenated alkanes) is 2. The van der Waals surface area contributed by atoms with Crippen LogP contribution in [0.2, 0.25) is 0 Å². The second-order valence-electron chi connectivity index (χ2n) is 4.48. The van der Waals surface area contributed by atoms with Crippen molar-refractivity contribution in [2.75, 3.05) is 13.7 Å². The molecule has 0 aromatic carbocycles. The van der Waals surface area contributed by atoms with Gasteiger partial charge in [-0.05, 0) is 38.6 Å². The van der Waals surface area contributed by atoms with E-state index in [-0.39, 0.29) is 18.1 Å². The molecule has 1 fully saturated rings. The van der Waals surface area contributed by atoms with Crippen LogP contribution in [-0.2, 0) is 9.53 Å². The van der Waals surface area contributed by atoms with E-state index < -0.39 is 0 Å². The molecule has 0 heterocycles. The third kappa shape index (κ3) is 4.49. The molecule has 0 radical (unpaired) electrons. The molecule has 94 valence electrons. The van der Waals surface area contributed by atoms with E-state index in [2.05, 4.69) is 5.32 Å². The highest BCUT2D eigenvalue weighted by atomic mass is 16.5. The Hall–Kier alpha value is -0.610. The molecule has 3 N–H and O–H groups in total. The summed E-state index contributed by atoms with van der Waals surface area (Å²) in [6, 6.07) is 0.229. The number of hydrogen-bond donors (Lipinski definition) is 2. The molecule has 1 aliphatic carbocycles. The van der Waals surface area contributed by atoms with Gasteiger partial charge in [0.05, 0.1) is 12.1 Å². The topological polar surface area (TPSA) is 64.3 Å². The zero-order valence-electron chi connectivity index (χ0n) is 10.2. The van der Waals surface area contributed by atoms with Crippen LogP contribution in [0.25, 0.3) is 0 Å². The Balaban J connectivity index is 2.13. The second-order valence-corrected chi connectivity index (χ2v) is 4.48. The Morgan fingerprint density at radius 1 is 1.38 bits per heavy atom. The predicted octanol–water partition coefficient (Wildman–Crippen LogP) is 1.19. The SMILES string of the molecule is COC1CCCC1NC(=O)CCCCCN. The first-order chi connectivity index (χ1) is 7.77. The Morgan fingerprint density at radius 2 is 2.19 bits per heavy atom. The van der Waals surface area contributed by atoms with Gasteiger partial charge < -0.3 is 15.8 Å². The van der Waals surface area contributed by atoms with Crippen LogP contribution in [0.4, 0.5) is 0 Å². The van der Waals surface area contributed by atoms with E-state index in [0.29, 0.717) is 6.42 Å². The summed E-state index contributed by atoms with van der Waals surface area (Å²) < 4.78 is 5.34. The van der Waals surface area contributed by atoms with Crippen LogP contribution in [0.5, 0.6) is 0 Å². The smallest absolute Gasteiger partial charge is 0.220 e. The van der Waals surface area contributed by atoms with Gasteiger partial charge in [-0.1, -0.05) is 6.42 Å². The number of amides is 1. The fourth-order valence-electron chi connectivity index (χ4n) is 2.26. The number of methoxy groups -OCH3 is 1. The summed E-state index contributed by atoms with van der Waals surface area (Å²) in [5, 5.41) is 3.06. The summed E-state index contributed by atoms with van der Waals surface area (Å²) in [4.78, 5) is 11.6. The van der Waals surface area contributed by atoms with Crippen molar-refractivity contribution in [3.8, 4) is 0 Å². The summed E-state index contributed by atoms with van der Waals surface area (Å²) in [5.74, 6) is 0.158. The Bertz CT molecular complexity index is 209. The zero-order valence-corrected chi connectivity index (χ0v) is 10.2. The molecule has 1 amide bonds. The molecular weight excluding hydrogens is 204 g/mol. The third-order valence-corrected chi connectivity index (χ3v) is 3.21. The number of hydrogen-bond acceptors (Lipinski definition) is 3. The lowest BCUT2D eigenvalue weighted by atomic mass is 10.1. The van der Waals surface area contributed by atoms with Gasteiger partial charge in [-0.15, -0.1) is 0 Å². The first kappa shape index (κ1) is 13.5. The van der Waals surface area contributed by atoms with Gasteiger partial charge in [0.25, 0.3) is 0 Å². The van der Waals surface area contributed by atoms with E-state index in [1.807, 2.05) is 0 Å². The van der Waals surface area contributed by atoms with E-state index in [0.717, 1.165) is 45.1 Å². The van der Waals surface area contributed by atoms with Crippen molar-refractivity contribution >= 4 is 5.91 Å². The van der Waals surface area contributed by atoms with Gasteiger partial charge in [-0.3, -0.25) is 4.79 Å². The Morgan fingerprint density at radius 3 is 2.88 bits per heavy atom. The summed E-state index contributed by atoms with van der Waals surface area (Å²) in [6.07, 6.45) is 7.09. The standard InChI is InChI=1S/C12H24N2O2/c1-16-11-7-5-6-10(11)14-12(15)8-3-2-4-9-13/h10-11H,2-9,13H2,1H3,(H,14,15). The van der Waals surface area contributed by atoms with E-state index in [1.54, 1.807) is 7.11 Å². The van der Waals surface area contributed by atoms with Gasteiger partial charge in [-0.25, -0.2) is 0 Å². The highest BCUT2D eigenvalue weighted by Crippen LogP contribution is 2.21.